The van der Waals surface area contributed by atoms with Gasteiger partial charge in [0.15, 0.2) is 0 Å². The summed E-state index contributed by atoms with van der Waals surface area (Å²) in [6, 6.07) is 8.14. The molecular weight excluding hydrogens is 240 g/mol. The Morgan fingerprint density at radius 3 is 2.37 bits per heavy atom. The summed E-state index contributed by atoms with van der Waals surface area (Å²) in [4.78, 5) is 11.7. The molecule has 19 heavy (non-hydrogen) atoms. The van der Waals surface area contributed by atoms with Crippen LogP contribution in [0.2, 0.25) is 0 Å². The van der Waals surface area contributed by atoms with E-state index in [1.807, 2.05) is 38.1 Å². The van der Waals surface area contributed by atoms with Crippen LogP contribution in [0, 0.1) is 5.41 Å². The van der Waals surface area contributed by atoms with E-state index in [2.05, 4.69) is 17.6 Å². The van der Waals surface area contributed by atoms with E-state index >= 15 is 0 Å². The number of carbonyl (C=O) groups excluding carboxylic acids is 1. The Bertz CT molecular complexity index is 413. The second-order valence-electron chi connectivity index (χ2n) is 5.34. The zero-order valence-electron chi connectivity index (χ0n) is 12.4. The Hall–Kier alpha value is -1.55. The maximum Gasteiger partial charge on any atom is 0.226 e. The molecule has 0 aliphatic heterocycles. The maximum absolute atomic E-state index is 11.7. The van der Waals surface area contributed by atoms with Gasteiger partial charge in [0.1, 0.15) is 5.75 Å². The number of hydrogen-bond donors (Lipinski definition) is 2. The molecule has 2 N–H and O–H groups in total. The van der Waals surface area contributed by atoms with Gasteiger partial charge in [0.2, 0.25) is 5.91 Å². The normalized spacial score (nSPS) is 12.9. The topological polar surface area (TPSA) is 50.4 Å². The van der Waals surface area contributed by atoms with Crippen LogP contribution in [0.4, 0.5) is 0 Å². The molecule has 0 unspecified atom stereocenters. The Labute approximate surface area is 115 Å². The summed E-state index contributed by atoms with van der Waals surface area (Å²) in [5, 5.41) is 6.08. The molecule has 0 fully saturated rings. The van der Waals surface area contributed by atoms with Crippen molar-refractivity contribution in [2.75, 3.05) is 20.7 Å². The lowest BCUT2D eigenvalue weighted by atomic mass is 9.91. The van der Waals surface area contributed by atoms with Crippen LogP contribution in [-0.2, 0) is 4.79 Å². The lowest BCUT2D eigenvalue weighted by molar-refractivity contribution is -0.128. The molecule has 1 atom stereocenters. The lowest BCUT2D eigenvalue weighted by Crippen LogP contribution is -2.42. The molecule has 4 nitrogen and oxygen atoms in total. The summed E-state index contributed by atoms with van der Waals surface area (Å²) in [5.41, 5.74) is 0.753. The van der Waals surface area contributed by atoms with Crippen molar-refractivity contribution >= 4 is 5.91 Å². The van der Waals surface area contributed by atoms with E-state index in [1.165, 1.54) is 5.56 Å². The van der Waals surface area contributed by atoms with Gasteiger partial charge in [0.05, 0.1) is 12.5 Å². The van der Waals surface area contributed by atoms with Crippen molar-refractivity contribution in [3.05, 3.63) is 29.8 Å². The molecule has 1 rings (SSSR count). The van der Waals surface area contributed by atoms with Gasteiger partial charge in [-0.3, -0.25) is 4.79 Å². The van der Waals surface area contributed by atoms with Gasteiger partial charge in [-0.05, 0) is 38.5 Å². The fraction of sp³-hybridized carbons (Fsp3) is 0.533. The van der Waals surface area contributed by atoms with Gasteiger partial charge in [-0.1, -0.05) is 12.1 Å². The van der Waals surface area contributed by atoms with Crippen LogP contribution in [0.15, 0.2) is 24.3 Å². The molecule has 0 spiro atoms. The van der Waals surface area contributed by atoms with Gasteiger partial charge in [-0.15, -0.1) is 0 Å². The van der Waals surface area contributed by atoms with Crippen molar-refractivity contribution in [1.82, 2.24) is 10.6 Å². The van der Waals surface area contributed by atoms with Crippen molar-refractivity contribution in [1.29, 1.82) is 0 Å². The first-order chi connectivity index (χ1) is 8.90. The number of nitrogens with one attached hydrogen (secondary N) is 2. The van der Waals surface area contributed by atoms with E-state index < -0.39 is 5.41 Å². The predicted molar refractivity (Wildman–Crippen MR) is 77.3 cm³/mol. The monoisotopic (exact) mass is 264 g/mol. The second-order valence-corrected chi connectivity index (χ2v) is 5.34. The molecule has 1 aromatic rings. The first-order valence-corrected chi connectivity index (χ1v) is 6.50. The third-order valence-electron chi connectivity index (χ3n) is 3.31. The minimum Gasteiger partial charge on any atom is -0.497 e. The molecule has 0 saturated heterocycles. The van der Waals surface area contributed by atoms with Crippen LogP contribution in [0.1, 0.15) is 32.4 Å². The van der Waals surface area contributed by atoms with Crippen LogP contribution in [-0.4, -0.2) is 26.6 Å². The summed E-state index contributed by atoms with van der Waals surface area (Å²) < 4.78 is 5.14. The van der Waals surface area contributed by atoms with E-state index in [1.54, 1.807) is 14.2 Å². The summed E-state index contributed by atoms with van der Waals surface area (Å²) in [5.74, 6) is 0.892. The maximum atomic E-state index is 11.7. The van der Waals surface area contributed by atoms with Crippen LogP contribution in [0.5, 0.6) is 5.75 Å². The molecule has 106 valence electrons. The highest BCUT2D eigenvalue weighted by Crippen LogP contribution is 2.19. The molecule has 4 heteroatoms. The average molecular weight is 264 g/mol. The molecule has 0 bridgehead atoms. The van der Waals surface area contributed by atoms with E-state index in [0.717, 1.165) is 5.75 Å². The first-order valence-electron chi connectivity index (χ1n) is 6.50. The van der Waals surface area contributed by atoms with Crippen LogP contribution in [0.25, 0.3) is 0 Å². The largest absolute Gasteiger partial charge is 0.497 e. The number of hydrogen-bond acceptors (Lipinski definition) is 3. The first kappa shape index (κ1) is 15.5. The SMILES string of the molecule is CNC(=O)C(C)(C)CN[C@@H](C)c1ccc(OC)cc1. The Balaban J connectivity index is 2.59. The molecule has 0 aliphatic carbocycles. The Morgan fingerprint density at radius 2 is 1.89 bits per heavy atom. The van der Waals surface area contributed by atoms with E-state index in [0.29, 0.717) is 6.54 Å². The number of amides is 1. The van der Waals surface area contributed by atoms with Crippen LogP contribution in [0.3, 0.4) is 0 Å². The minimum absolute atomic E-state index is 0.0435. The molecule has 1 aromatic carbocycles. The third-order valence-corrected chi connectivity index (χ3v) is 3.31. The molecule has 0 heterocycles. The number of carbonyl (C=O) groups is 1. The van der Waals surface area contributed by atoms with Crippen molar-refractivity contribution in [2.45, 2.75) is 26.8 Å². The number of rotatable bonds is 6. The highest BCUT2D eigenvalue weighted by atomic mass is 16.5. The Morgan fingerprint density at radius 1 is 1.32 bits per heavy atom. The standard InChI is InChI=1S/C15H24N2O2/c1-11(12-6-8-13(19-5)9-7-12)17-10-15(2,3)14(18)16-4/h6-9,11,17H,10H2,1-5H3,(H,16,18)/t11-/m0/s1. The fourth-order valence-corrected chi connectivity index (χ4v) is 1.84. The van der Waals surface area contributed by atoms with Crippen molar-refractivity contribution in [3.63, 3.8) is 0 Å². The molecule has 0 saturated carbocycles. The van der Waals surface area contributed by atoms with E-state index in [-0.39, 0.29) is 11.9 Å². The van der Waals surface area contributed by atoms with Gasteiger partial charge < -0.3 is 15.4 Å². The van der Waals surface area contributed by atoms with Gasteiger partial charge in [0, 0.05) is 19.6 Å². The number of methoxy groups -OCH3 is 1. The van der Waals surface area contributed by atoms with Crippen molar-refractivity contribution in [3.8, 4) is 5.75 Å². The lowest BCUT2D eigenvalue weighted by Gasteiger charge is -2.25. The summed E-state index contributed by atoms with van der Waals surface area (Å²) >= 11 is 0. The highest BCUT2D eigenvalue weighted by Gasteiger charge is 2.26. The summed E-state index contributed by atoms with van der Waals surface area (Å²) in [6.45, 7) is 6.57. The molecule has 0 aliphatic rings. The quantitative estimate of drug-likeness (QED) is 0.827. The van der Waals surface area contributed by atoms with E-state index in [4.69, 9.17) is 4.74 Å². The highest BCUT2D eigenvalue weighted by molar-refractivity contribution is 5.81. The molecule has 0 radical (unpaired) electrons. The smallest absolute Gasteiger partial charge is 0.226 e. The summed E-state index contributed by atoms with van der Waals surface area (Å²) in [6.07, 6.45) is 0. The van der Waals surface area contributed by atoms with Gasteiger partial charge in [0.25, 0.3) is 0 Å². The summed E-state index contributed by atoms with van der Waals surface area (Å²) in [7, 11) is 3.32. The molecular formula is C15H24N2O2. The third kappa shape index (κ3) is 4.24. The van der Waals surface area contributed by atoms with Crippen molar-refractivity contribution in [2.24, 2.45) is 5.41 Å². The minimum atomic E-state index is -0.421. The van der Waals surface area contributed by atoms with Crippen LogP contribution >= 0.6 is 0 Å². The van der Waals surface area contributed by atoms with Crippen molar-refractivity contribution < 1.29 is 9.53 Å². The molecule has 0 aromatic heterocycles. The number of benzene rings is 1. The predicted octanol–water partition coefficient (Wildman–Crippen LogP) is 2.12. The number of ether oxygens (including phenoxy) is 1. The second kappa shape index (κ2) is 6.57. The average Bonchev–Trinajstić information content (AvgIpc) is 2.43. The molecule has 1 amide bonds. The van der Waals surface area contributed by atoms with Gasteiger partial charge in [-0.25, -0.2) is 0 Å². The van der Waals surface area contributed by atoms with Crippen LogP contribution < -0.4 is 15.4 Å². The van der Waals surface area contributed by atoms with Gasteiger partial charge >= 0.3 is 0 Å². The Kier molecular flexibility index (Phi) is 5.36. The zero-order chi connectivity index (χ0) is 14.5. The fourth-order valence-electron chi connectivity index (χ4n) is 1.84. The van der Waals surface area contributed by atoms with E-state index in [9.17, 15) is 4.79 Å². The van der Waals surface area contributed by atoms with Gasteiger partial charge in [-0.2, -0.15) is 0 Å². The zero-order valence-corrected chi connectivity index (χ0v) is 12.4.